The van der Waals surface area contributed by atoms with Crippen molar-refractivity contribution >= 4 is 40.5 Å². The lowest BCUT2D eigenvalue weighted by molar-refractivity contribution is -0.193. The fourth-order valence-electron chi connectivity index (χ4n) is 4.23. The Balaban J connectivity index is 0.000000349. The molecule has 0 radical (unpaired) electrons. The Morgan fingerprint density at radius 3 is 2.02 bits per heavy atom. The summed E-state index contributed by atoms with van der Waals surface area (Å²) in [5.41, 5.74) is 0.825. The van der Waals surface area contributed by atoms with E-state index in [4.69, 9.17) is 24.8 Å². The number of carbonyl (C=O) groups is 3. The van der Waals surface area contributed by atoms with E-state index in [1.807, 2.05) is 13.1 Å². The van der Waals surface area contributed by atoms with E-state index in [1.165, 1.54) is 25.7 Å². The lowest BCUT2D eigenvalue weighted by Gasteiger charge is -2.22. The zero-order valence-electron chi connectivity index (χ0n) is 22.2. The number of carboxylic acid groups (broad SMARTS) is 2. The standard InChI is InChI=1S/C20H30N6O.2C2HF3O2/c1-25-20-16(8-9-17(22-20)26-11-4-2-3-5-12-26)19(24-25)23-18(27)13-15-7-6-10-21-14-15;2*3-2(4,5)1(6)7/h8-9,15,21H,2-7,10-14H2,1H3,(H,23,24,27);2*(H,6,7). The SMILES string of the molecule is Cn1nc(NC(=O)CC2CCCNC2)c2ccc(N3CCCCCC3)nc21.O=C(O)C(F)(F)F.O=C(O)C(F)(F)F. The highest BCUT2D eigenvalue weighted by Crippen LogP contribution is 2.26. The summed E-state index contributed by atoms with van der Waals surface area (Å²) in [5, 5.41) is 26.0. The van der Waals surface area contributed by atoms with Crippen molar-refractivity contribution in [1.82, 2.24) is 20.1 Å². The maximum absolute atomic E-state index is 12.5. The number of nitrogens with zero attached hydrogens (tertiary/aromatic N) is 4. The van der Waals surface area contributed by atoms with Crippen LogP contribution in [0.3, 0.4) is 0 Å². The van der Waals surface area contributed by atoms with Gasteiger partial charge in [0, 0.05) is 26.6 Å². The number of anilines is 2. The van der Waals surface area contributed by atoms with E-state index >= 15 is 0 Å². The van der Waals surface area contributed by atoms with Crippen LogP contribution in [0.15, 0.2) is 12.1 Å². The van der Waals surface area contributed by atoms with E-state index in [0.29, 0.717) is 18.2 Å². The average molecular weight is 599 g/mol. The van der Waals surface area contributed by atoms with Crippen LogP contribution in [0.5, 0.6) is 0 Å². The first-order valence-electron chi connectivity index (χ1n) is 12.8. The fraction of sp³-hybridized carbons (Fsp3) is 0.625. The normalized spacial score (nSPS) is 17.8. The molecule has 1 amide bonds. The molecule has 2 aromatic rings. The molecule has 2 aromatic heterocycles. The molecule has 4 heterocycles. The number of fused-ring (bicyclic) bond motifs is 1. The summed E-state index contributed by atoms with van der Waals surface area (Å²) in [4.78, 5) is 37.5. The first-order chi connectivity index (χ1) is 19.1. The molecule has 0 saturated carbocycles. The Hall–Kier alpha value is -3.63. The van der Waals surface area contributed by atoms with E-state index in [2.05, 4.69) is 26.7 Å². The summed E-state index contributed by atoms with van der Waals surface area (Å²) in [6.45, 7) is 4.12. The molecule has 2 saturated heterocycles. The van der Waals surface area contributed by atoms with E-state index in [9.17, 15) is 31.1 Å². The Labute approximate surface area is 230 Å². The number of pyridine rings is 1. The minimum absolute atomic E-state index is 0.0419. The molecule has 0 bridgehead atoms. The van der Waals surface area contributed by atoms with Crippen molar-refractivity contribution in [3.63, 3.8) is 0 Å². The smallest absolute Gasteiger partial charge is 0.475 e. The van der Waals surface area contributed by atoms with Crippen molar-refractivity contribution in [2.24, 2.45) is 13.0 Å². The Kier molecular flexibility index (Phi) is 12.2. The van der Waals surface area contributed by atoms with Crippen LogP contribution >= 0.6 is 0 Å². The quantitative estimate of drug-likeness (QED) is 0.384. The number of carboxylic acids is 2. The van der Waals surface area contributed by atoms with Crippen LogP contribution in [-0.4, -0.2) is 81.4 Å². The van der Waals surface area contributed by atoms with Crippen LogP contribution in [0.1, 0.15) is 44.9 Å². The molecule has 1 atom stereocenters. The molecule has 0 aliphatic carbocycles. The first-order valence-corrected chi connectivity index (χ1v) is 12.8. The number of halogens is 6. The van der Waals surface area contributed by atoms with Crippen LogP contribution in [-0.2, 0) is 21.4 Å². The third-order valence-corrected chi connectivity index (χ3v) is 6.22. The highest BCUT2D eigenvalue weighted by atomic mass is 19.4. The molecule has 230 valence electrons. The van der Waals surface area contributed by atoms with Crippen molar-refractivity contribution in [1.29, 1.82) is 0 Å². The molecule has 4 rings (SSSR count). The largest absolute Gasteiger partial charge is 0.490 e. The second-order valence-electron chi connectivity index (χ2n) is 9.48. The van der Waals surface area contributed by atoms with Crippen LogP contribution in [0.2, 0.25) is 0 Å². The third kappa shape index (κ3) is 11.0. The number of carbonyl (C=O) groups excluding carboxylic acids is 1. The molecular weight excluding hydrogens is 566 g/mol. The zero-order chi connectivity index (χ0) is 30.8. The third-order valence-electron chi connectivity index (χ3n) is 6.22. The fourth-order valence-corrected chi connectivity index (χ4v) is 4.23. The summed E-state index contributed by atoms with van der Waals surface area (Å²) >= 11 is 0. The van der Waals surface area contributed by atoms with E-state index in [1.54, 1.807) is 4.68 Å². The zero-order valence-corrected chi connectivity index (χ0v) is 22.2. The lowest BCUT2D eigenvalue weighted by Crippen LogP contribution is -2.32. The molecule has 17 heteroatoms. The van der Waals surface area contributed by atoms with Gasteiger partial charge in [0.1, 0.15) is 5.82 Å². The van der Waals surface area contributed by atoms with Crippen molar-refractivity contribution in [2.45, 2.75) is 57.3 Å². The minimum Gasteiger partial charge on any atom is -0.475 e. The van der Waals surface area contributed by atoms with Crippen molar-refractivity contribution < 1.29 is 50.9 Å². The number of amides is 1. The maximum atomic E-state index is 12.5. The number of aryl methyl sites for hydroxylation is 1. The number of aromatic nitrogens is 3. The highest BCUT2D eigenvalue weighted by molar-refractivity contribution is 5.99. The molecule has 0 spiro atoms. The van der Waals surface area contributed by atoms with E-state index in [-0.39, 0.29) is 5.91 Å². The Morgan fingerprint density at radius 2 is 1.54 bits per heavy atom. The number of aliphatic carboxylic acids is 2. The molecule has 2 fully saturated rings. The van der Waals surface area contributed by atoms with Crippen LogP contribution in [0, 0.1) is 5.92 Å². The van der Waals surface area contributed by atoms with Gasteiger partial charge in [-0.15, -0.1) is 0 Å². The first kappa shape index (κ1) is 33.6. The van der Waals surface area contributed by atoms with Crippen LogP contribution in [0.4, 0.5) is 38.0 Å². The molecular formula is C24H32F6N6O5. The number of alkyl halides is 6. The van der Waals surface area contributed by atoms with Crippen molar-refractivity contribution in [3.05, 3.63) is 12.1 Å². The minimum atomic E-state index is -5.08. The van der Waals surface area contributed by atoms with Gasteiger partial charge in [0.2, 0.25) is 5.91 Å². The molecule has 2 aliphatic rings. The Bertz CT molecular complexity index is 1150. The van der Waals surface area contributed by atoms with Gasteiger partial charge in [-0.25, -0.2) is 19.3 Å². The van der Waals surface area contributed by atoms with Gasteiger partial charge in [-0.1, -0.05) is 12.8 Å². The summed E-state index contributed by atoms with van der Waals surface area (Å²) in [5.74, 6) is -3.42. The predicted octanol–water partition coefficient (Wildman–Crippen LogP) is 3.94. The van der Waals surface area contributed by atoms with Gasteiger partial charge in [-0.3, -0.25) is 4.79 Å². The van der Waals surface area contributed by atoms with Crippen LogP contribution < -0.4 is 15.5 Å². The second-order valence-corrected chi connectivity index (χ2v) is 9.48. The summed E-state index contributed by atoms with van der Waals surface area (Å²) < 4.78 is 65.2. The van der Waals surface area contributed by atoms with Gasteiger partial charge < -0.3 is 25.7 Å². The topological polar surface area (TPSA) is 150 Å². The number of piperidine rings is 1. The number of hydrogen-bond donors (Lipinski definition) is 4. The number of hydrogen-bond acceptors (Lipinski definition) is 7. The second kappa shape index (κ2) is 14.8. The van der Waals surface area contributed by atoms with E-state index in [0.717, 1.165) is 55.9 Å². The summed E-state index contributed by atoms with van der Waals surface area (Å²) in [6, 6.07) is 4.11. The molecule has 2 aliphatic heterocycles. The van der Waals surface area contributed by atoms with Gasteiger partial charge in [0.05, 0.1) is 5.39 Å². The average Bonchev–Trinajstić information content (AvgIpc) is 3.04. The monoisotopic (exact) mass is 598 g/mol. The summed E-state index contributed by atoms with van der Waals surface area (Å²) in [7, 11) is 1.89. The molecule has 0 aromatic carbocycles. The highest BCUT2D eigenvalue weighted by Gasteiger charge is 2.38. The molecule has 11 nitrogen and oxygen atoms in total. The van der Waals surface area contributed by atoms with Crippen molar-refractivity contribution in [3.8, 4) is 0 Å². The number of nitrogens with one attached hydrogen (secondary N) is 2. The lowest BCUT2D eigenvalue weighted by atomic mass is 9.96. The molecule has 4 N–H and O–H groups in total. The van der Waals surface area contributed by atoms with Crippen LogP contribution in [0.25, 0.3) is 11.0 Å². The van der Waals surface area contributed by atoms with Crippen molar-refractivity contribution in [2.75, 3.05) is 36.4 Å². The predicted molar refractivity (Wildman–Crippen MR) is 135 cm³/mol. The van der Waals surface area contributed by atoms with Gasteiger partial charge in [0.15, 0.2) is 11.5 Å². The van der Waals surface area contributed by atoms with Gasteiger partial charge in [-0.2, -0.15) is 31.4 Å². The maximum Gasteiger partial charge on any atom is 0.490 e. The van der Waals surface area contributed by atoms with E-state index < -0.39 is 24.3 Å². The molecule has 41 heavy (non-hydrogen) atoms. The van der Waals surface area contributed by atoms with Gasteiger partial charge >= 0.3 is 24.3 Å². The molecule has 1 unspecified atom stereocenters. The van der Waals surface area contributed by atoms with Gasteiger partial charge in [0.25, 0.3) is 0 Å². The summed E-state index contributed by atoms with van der Waals surface area (Å²) in [6.07, 6.45) is -2.30. The van der Waals surface area contributed by atoms with Gasteiger partial charge in [-0.05, 0) is 56.8 Å². The Morgan fingerprint density at radius 1 is 0.976 bits per heavy atom. The number of rotatable bonds is 4.